The summed E-state index contributed by atoms with van der Waals surface area (Å²) in [6.45, 7) is 8.87. The van der Waals surface area contributed by atoms with Gasteiger partial charge in [0.15, 0.2) is 5.41 Å². The number of rotatable bonds is 11. The number of esters is 2. The molecule has 0 unspecified atom stereocenters. The normalized spacial score (nSPS) is 11.2. The van der Waals surface area contributed by atoms with E-state index in [1.54, 1.807) is 19.9 Å². The lowest BCUT2D eigenvalue weighted by Crippen LogP contribution is -2.44. The van der Waals surface area contributed by atoms with Gasteiger partial charge in [-0.15, -0.1) is 6.58 Å². The maximum Gasteiger partial charge on any atom is 0.323 e. The maximum absolute atomic E-state index is 12.6. The fourth-order valence-electron chi connectivity index (χ4n) is 2.70. The second-order valence-electron chi connectivity index (χ2n) is 5.99. The number of benzene rings is 1. The third kappa shape index (κ3) is 6.02. The van der Waals surface area contributed by atoms with Crippen LogP contribution in [-0.2, 0) is 25.6 Å². The molecule has 0 amide bonds. The molecule has 1 aromatic rings. The van der Waals surface area contributed by atoms with Gasteiger partial charge in [0.25, 0.3) is 0 Å². The predicted octanol–water partition coefficient (Wildman–Crippen LogP) is 3.20. The number of ether oxygens (including phenoxy) is 2. The van der Waals surface area contributed by atoms with E-state index in [9.17, 15) is 9.59 Å². The molecular formula is C20H29NO4. The number of carbonyl (C=O) groups is 2. The van der Waals surface area contributed by atoms with Crippen molar-refractivity contribution in [2.24, 2.45) is 5.41 Å². The summed E-state index contributed by atoms with van der Waals surface area (Å²) in [4.78, 5) is 27.2. The van der Waals surface area contributed by atoms with Gasteiger partial charge in [0.1, 0.15) is 0 Å². The second-order valence-corrected chi connectivity index (χ2v) is 5.99. The van der Waals surface area contributed by atoms with Gasteiger partial charge in [-0.25, -0.2) is 0 Å². The van der Waals surface area contributed by atoms with Gasteiger partial charge in [0.2, 0.25) is 0 Å². The molecule has 0 heterocycles. The van der Waals surface area contributed by atoms with E-state index in [-0.39, 0.29) is 19.6 Å². The van der Waals surface area contributed by atoms with E-state index >= 15 is 0 Å². The zero-order chi connectivity index (χ0) is 18.7. The first-order valence-electron chi connectivity index (χ1n) is 8.68. The van der Waals surface area contributed by atoms with Gasteiger partial charge in [0.05, 0.1) is 13.2 Å². The van der Waals surface area contributed by atoms with Crippen LogP contribution in [0.15, 0.2) is 43.0 Å². The van der Waals surface area contributed by atoms with E-state index in [4.69, 9.17) is 9.47 Å². The number of hydrogen-bond donors (Lipinski definition) is 0. The first-order chi connectivity index (χ1) is 12.0. The highest BCUT2D eigenvalue weighted by Gasteiger charge is 2.47. The molecule has 0 atom stereocenters. The summed E-state index contributed by atoms with van der Waals surface area (Å²) in [5, 5.41) is 0. The molecule has 0 aliphatic carbocycles. The van der Waals surface area contributed by atoms with Crippen molar-refractivity contribution in [2.45, 2.75) is 33.2 Å². The highest BCUT2D eigenvalue weighted by molar-refractivity contribution is 6.00. The van der Waals surface area contributed by atoms with Gasteiger partial charge in [-0.05, 0) is 45.8 Å². The van der Waals surface area contributed by atoms with Gasteiger partial charge in [-0.3, -0.25) is 9.59 Å². The van der Waals surface area contributed by atoms with Crippen molar-refractivity contribution in [1.29, 1.82) is 0 Å². The molecule has 5 nitrogen and oxygen atoms in total. The molecule has 0 saturated heterocycles. The van der Waals surface area contributed by atoms with Crippen LogP contribution in [0.4, 0.5) is 0 Å². The van der Waals surface area contributed by atoms with Crippen molar-refractivity contribution in [1.82, 2.24) is 4.90 Å². The first-order valence-corrected chi connectivity index (χ1v) is 8.68. The fraction of sp³-hybridized carbons (Fsp3) is 0.500. The summed E-state index contributed by atoms with van der Waals surface area (Å²) in [6.07, 6.45) is 2.09. The van der Waals surface area contributed by atoms with Gasteiger partial charge >= 0.3 is 11.9 Å². The minimum Gasteiger partial charge on any atom is -0.465 e. The van der Waals surface area contributed by atoms with Crippen LogP contribution < -0.4 is 0 Å². The van der Waals surface area contributed by atoms with Crippen molar-refractivity contribution in [3.63, 3.8) is 0 Å². The Balaban J connectivity index is 2.88. The van der Waals surface area contributed by atoms with Crippen molar-refractivity contribution >= 4 is 11.9 Å². The molecule has 0 bridgehead atoms. The van der Waals surface area contributed by atoms with Crippen LogP contribution >= 0.6 is 0 Å². The van der Waals surface area contributed by atoms with E-state index < -0.39 is 17.4 Å². The molecule has 25 heavy (non-hydrogen) atoms. The molecule has 1 rings (SSSR count). The molecule has 0 radical (unpaired) electrons. The molecule has 0 aliphatic heterocycles. The lowest BCUT2D eigenvalue weighted by molar-refractivity contribution is -0.172. The molecule has 1 aromatic carbocycles. The summed E-state index contributed by atoms with van der Waals surface area (Å²) in [6, 6.07) is 10.0. The Morgan fingerprint density at radius 2 is 1.68 bits per heavy atom. The largest absolute Gasteiger partial charge is 0.465 e. The summed E-state index contributed by atoms with van der Waals surface area (Å²) in [5.74, 6) is -1.08. The lowest BCUT2D eigenvalue weighted by atomic mass is 9.80. The Bertz CT molecular complexity index is 538. The molecular weight excluding hydrogens is 318 g/mol. The fourth-order valence-corrected chi connectivity index (χ4v) is 2.70. The molecule has 0 N–H and O–H groups in total. The maximum atomic E-state index is 12.6. The van der Waals surface area contributed by atoms with E-state index in [0.29, 0.717) is 13.0 Å². The molecule has 0 aliphatic rings. The van der Waals surface area contributed by atoms with Crippen molar-refractivity contribution < 1.29 is 19.1 Å². The van der Waals surface area contributed by atoms with E-state index in [1.165, 1.54) is 5.56 Å². The van der Waals surface area contributed by atoms with Crippen LogP contribution in [0.25, 0.3) is 0 Å². The van der Waals surface area contributed by atoms with Crippen LogP contribution in [-0.4, -0.2) is 43.6 Å². The molecule has 0 aromatic heterocycles. The van der Waals surface area contributed by atoms with E-state index in [0.717, 1.165) is 6.54 Å². The summed E-state index contributed by atoms with van der Waals surface area (Å²) < 4.78 is 10.3. The topological polar surface area (TPSA) is 55.8 Å². The Morgan fingerprint density at radius 1 is 1.12 bits per heavy atom. The second kappa shape index (κ2) is 10.7. The van der Waals surface area contributed by atoms with E-state index in [1.807, 2.05) is 37.4 Å². The molecule has 138 valence electrons. The van der Waals surface area contributed by atoms with Crippen molar-refractivity contribution in [2.75, 3.05) is 26.8 Å². The van der Waals surface area contributed by atoms with Crippen LogP contribution in [0.1, 0.15) is 32.3 Å². The Hall–Kier alpha value is -2.14. The highest BCUT2D eigenvalue weighted by atomic mass is 16.6. The van der Waals surface area contributed by atoms with Crippen molar-refractivity contribution in [3.05, 3.63) is 48.6 Å². The monoisotopic (exact) mass is 347 g/mol. The van der Waals surface area contributed by atoms with Crippen LogP contribution in [0, 0.1) is 5.41 Å². The zero-order valence-corrected chi connectivity index (χ0v) is 15.5. The van der Waals surface area contributed by atoms with Gasteiger partial charge < -0.3 is 14.4 Å². The highest BCUT2D eigenvalue weighted by Crippen LogP contribution is 2.31. The van der Waals surface area contributed by atoms with Crippen LogP contribution in [0.5, 0.6) is 0 Å². The average Bonchev–Trinajstić information content (AvgIpc) is 2.60. The minimum atomic E-state index is -1.33. The summed E-state index contributed by atoms with van der Waals surface area (Å²) >= 11 is 0. The number of hydrogen-bond acceptors (Lipinski definition) is 5. The molecule has 0 spiro atoms. The molecule has 0 saturated carbocycles. The number of nitrogens with zero attached hydrogens (tertiary/aromatic N) is 1. The van der Waals surface area contributed by atoms with Gasteiger partial charge in [-0.1, -0.05) is 36.4 Å². The standard InChI is InChI=1S/C20H29NO4/c1-5-13-20(18(22)24-6-2,19(23)25-7-3)14-15-21(4)16-17-11-9-8-10-12-17/h5,8-12H,1,6-7,13-16H2,2-4H3. The SMILES string of the molecule is C=CCC(CCN(C)Cc1ccccc1)(C(=O)OCC)C(=O)OCC. The van der Waals surface area contributed by atoms with Crippen molar-refractivity contribution in [3.8, 4) is 0 Å². The average molecular weight is 347 g/mol. The third-order valence-corrected chi connectivity index (χ3v) is 4.04. The third-order valence-electron chi connectivity index (χ3n) is 4.04. The summed E-state index contributed by atoms with van der Waals surface area (Å²) in [5.41, 5.74) is -0.162. The number of carbonyl (C=O) groups excluding carboxylic acids is 2. The van der Waals surface area contributed by atoms with Gasteiger partial charge in [-0.2, -0.15) is 0 Å². The number of allylic oxidation sites excluding steroid dienone is 1. The Morgan fingerprint density at radius 3 is 2.16 bits per heavy atom. The first kappa shape index (κ1) is 20.9. The Labute approximate surface area is 150 Å². The van der Waals surface area contributed by atoms with E-state index in [2.05, 4.69) is 11.5 Å². The van der Waals surface area contributed by atoms with Crippen LogP contribution in [0.3, 0.4) is 0 Å². The quantitative estimate of drug-likeness (QED) is 0.349. The Kier molecular flexibility index (Phi) is 8.92. The molecule has 5 heteroatoms. The summed E-state index contributed by atoms with van der Waals surface area (Å²) in [7, 11) is 1.96. The predicted molar refractivity (Wildman–Crippen MR) is 97.9 cm³/mol. The smallest absolute Gasteiger partial charge is 0.323 e. The van der Waals surface area contributed by atoms with Crippen LogP contribution in [0.2, 0.25) is 0 Å². The minimum absolute atomic E-state index is 0.198. The van der Waals surface area contributed by atoms with Gasteiger partial charge in [0, 0.05) is 6.54 Å². The lowest BCUT2D eigenvalue weighted by Gasteiger charge is -2.30. The molecule has 0 fully saturated rings. The zero-order valence-electron chi connectivity index (χ0n) is 15.5.